The van der Waals surface area contributed by atoms with Crippen molar-refractivity contribution in [1.29, 1.82) is 0 Å². The van der Waals surface area contributed by atoms with Crippen LogP contribution in [0.5, 0.6) is 0 Å². The third-order valence-electron chi connectivity index (χ3n) is 3.09. The number of nitrogens with zero attached hydrogens (tertiary/aromatic N) is 2. The number of hydrogen-bond donors (Lipinski definition) is 1. The molecule has 102 valence electrons. The van der Waals surface area contributed by atoms with Gasteiger partial charge in [-0.15, -0.1) is 0 Å². The van der Waals surface area contributed by atoms with Crippen LogP contribution in [0.3, 0.4) is 0 Å². The minimum atomic E-state index is -0.366. The Balaban J connectivity index is 2.19. The van der Waals surface area contributed by atoms with Gasteiger partial charge in [-0.1, -0.05) is 38.1 Å². The number of rotatable bonds is 3. The Hall–Kier alpha value is -1.75. The molecule has 0 fully saturated rings. The van der Waals surface area contributed by atoms with Crippen molar-refractivity contribution in [3.63, 3.8) is 0 Å². The van der Waals surface area contributed by atoms with Gasteiger partial charge in [0.25, 0.3) is 0 Å². The maximum atomic E-state index is 13.6. The summed E-state index contributed by atoms with van der Waals surface area (Å²) in [4.78, 5) is 4.20. The van der Waals surface area contributed by atoms with Crippen LogP contribution in [-0.4, -0.2) is 16.2 Å². The number of hydrogen-bond acceptors (Lipinski definition) is 4. The van der Waals surface area contributed by atoms with E-state index in [2.05, 4.69) is 10.1 Å². The van der Waals surface area contributed by atoms with Crippen molar-refractivity contribution in [2.45, 2.75) is 33.2 Å². The predicted molar refractivity (Wildman–Crippen MR) is 70.8 cm³/mol. The molecule has 0 spiro atoms. The summed E-state index contributed by atoms with van der Waals surface area (Å²) in [6, 6.07) is 6.24. The van der Waals surface area contributed by atoms with Crippen molar-refractivity contribution in [1.82, 2.24) is 10.1 Å². The van der Waals surface area contributed by atoms with Gasteiger partial charge in [0.05, 0.1) is 5.56 Å². The van der Waals surface area contributed by atoms with Crippen LogP contribution in [0.4, 0.5) is 4.39 Å². The molecule has 2 N–H and O–H groups in total. The normalized spacial score (nSPS) is 13.5. The lowest BCUT2D eigenvalue weighted by atomic mass is 9.85. The zero-order chi connectivity index (χ0) is 14.0. The van der Waals surface area contributed by atoms with E-state index in [1.165, 1.54) is 6.07 Å². The Kier molecular flexibility index (Phi) is 3.66. The van der Waals surface area contributed by atoms with Gasteiger partial charge >= 0.3 is 0 Å². The summed E-state index contributed by atoms with van der Waals surface area (Å²) in [7, 11) is 0. The van der Waals surface area contributed by atoms with Gasteiger partial charge in [0.2, 0.25) is 11.7 Å². The van der Waals surface area contributed by atoms with E-state index in [1.807, 2.05) is 20.8 Å². The topological polar surface area (TPSA) is 64.9 Å². The van der Waals surface area contributed by atoms with Gasteiger partial charge in [-0.3, -0.25) is 0 Å². The molecule has 0 aliphatic rings. The van der Waals surface area contributed by atoms with Crippen molar-refractivity contribution < 1.29 is 8.91 Å². The van der Waals surface area contributed by atoms with Gasteiger partial charge < -0.3 is 10.3 Å². The second-order valence-corrected chi connectivity index (χ2v) is 5.67. The van der Waals surface area contributed by atoms with Crippen molar-refractivity contribution in [3.8, 4) is 11.4 Å². The number of nitrogens with two attached hydrogens (primary N) is 1. The summed E-state index contributed by atoms with van der Waals surface area (Å²) in [6.07, 6.45) is 0.477. The molecule has 2 aromatic rings. The van der Waals surface area contributed by atoms with E-state index in [0.29, 0.717) is 17.9 Å². The number of benzene rings is 1. The maximum Gasteiger partial charge on any atom is 0.228 e. The van der Waals surface area contributed by atoms with Gasteiger partial charge in [0, 0.05) is 12.5 Å². The van der Waals surface area contributed by atoms with Gasteiger partial charge in [-0.2, -0.15) is 4.98 Å². The lowest BCUT2D eigenvalue weighted by molar-refractivity contribution is 0.286. The molecule has 0 aliphatic heterocycles. The second-order valence-electron chi connectivity index (χ2n) is 5.67. The van der Waals surface area contributed by atoms with Crippen LogP contribution in [0.25, 0.3) is 11.4 Å². The van der Waals surface area contributed by atoms with Gasteiger partial charge in [0.1, 0.15) is 5.82 Å². The molecule has 0 radical (unpaired) electrons. The fraction of sp³-hybridized carbons (Fsp3) is 0.429. The SMILES string of the molecule is CC(C)(C)C(N)Cc1nc(-c2ccccc2F)no1. The Morgan fingerprint density at radius 2 is 2.00 bits per heavy atom. The molecule has 4 nitrogen and oxygen atoms in total. The molecular weight excluding hydrogens is 245 g/mol. The van der Waals surface area contributed by atoms with Crippen LogP contribution in [0.15, 0.2) is 28.8 Å². The van der Waals surface area contributed by atoms with Crippen LogP contribution in [0.1, 0.15) is 26.7 Å². The fourth-order valence-electron chi connectivity index (χ4n) is 1.58. The van der Waals surface area contributed by atoms with Gasteiger partial charge in [0.15, 0.2) is 0 Å². The van der Waals surface area contributed by atoms with E-state index < -0.39 is 0 Å². The lowest BCUT2D eigenvalue weighted by Crippen LogP contribution is -2.36. The number of aromatic nitrogens is 2. The predicted octanol–water partition coefficient (Wildman–Crippen LogP) is 2.79. The molecule has 19 heavy (non-hydrogen) atoms. The summed E-state index contributed by atoms with van der Waals surface area (Å²) < 4.78 is 18.7. The molecule has 0 bridgehead atoms. The van der Waals surface area contributed by atoms with Crippen molar-refractivity contribution in [2.24, 2.45) is 11.1 Å². The van der Waals surface area contributed by atoms with Crippen LogP contribution >= 0.6 is 0 Å². The first-order valence-corrected chi connectivity index (χ1v) is 6.21. The van der Waals surface area contributed by atoms with Crippen molar-refractivity contribution in [3.05, 3.63) is 36.0 Å². The van der Waals surface area contributed by atoms with E-state index in [9.17, 15) is 4.39 Å². The van der Waals surface area contributed by atoms with Crippen molar-refractivity contribution in [2.75, 3.05) is 0 Å². The van der Waals surface area contributed by atoms with Crippen LogP contribution < -0.4 is 5.73 Å². The lowest BCUT2D eigenvalue weighted by Gasteiger charge is -2.25. The molecule has 1 heterocycles. The van der Waals surface area contributed by atoms with Crippen molar-refractivity contribution >= 4 is 0 Å². The minimum absolute atomic E-state index is 0.0490. The highest BCUT2D eigenvalue weighted by Crippen LogP contribution is 2.22. The van der Waals surface area contributed by atoms with Crippen LogP contribution in [0, 0.1) is 11.2 Å². The molecule has 2 rings (SSSR count). The van der Waals surface area contributed by atoms with Crippen LogP contribution in [-0.2, 0) is 6.42 Å². The highest BCUT2D eigenvalue weighted by atomic mass is 19.1. The molecule has 0 saturated heterocycles. The fourth-order valence-corrected chi connectivity index (χ4v) is 1.58. The highest BCUT2D eigenvalue weighted by molar-refractivity contribution is 5.54. The zero-order valence-corrected chi connectivity index (χ0v) is 11.4. The smallest absolute Gasteiger partial charge is 0.228 e. The highest BCUT2D eigenvalue weighted by Gasteiger charge is 2.23. The minimum Gasteiger partial charge on any atom is -0.339 e. The molecule has 1 atom stereocenters. The summed E-state index contributed by atoms with van der Waals surface area (Å²) >= 11 is 0. The summed E-state index contributed by atoms with van der Waals surface area (Å²) in [6.45, 7) is 6.14. The Labute approximate surface area is 111 Å². The maximum absolute atomic E-state index is 13.6. The Morgan fingerprint density at radius 3 is 2.63 bits per heavy atom. The summed E-state index contributed by atoms with van der Waals surface area (Å²) in [5.74, 6) is 0.324. The quantitative estimate of drug-likeness (QED) is 0.924. The van der Waals surface area contributed by atoms with Gasteiger partial charge in [-0.25, -0.2) is 4.39 Å². The molecule has 5 heteroatoms. The second kappa shape index (κ2) is 5.09. The average Bonchev–Trinajstić information content (AvgIpc) is 2.76. The van der Waals surface area contributed by atoms with E-state index in [4.69, 9.17) is 10.3 Å². The zero-order valence-electron chi connectivity index (χ0n) is 11.4. The van der Waals surface area contributed by atoms with Crippen LogP contribution in [0.2, 0.25) is 0 Å². The molecule has 1 unspecified atom stereocenters. The molecule has 1 aromatic heterocycles. The summed E-state index contributed by atoms with van der Waals surface area (Å²) in [5, 5.41) is 3.80. The molecule has 0 amide bonds. The Morgan fingerprint density at radius 1 is 1.32 bits per heavy atom. The van der Waals surface area contributed by atoms with E-state index in [0.717, 1.165) is 0 Å². The first-order valence-electron chi connectivity index (χ1n) is 6.21. The summed E-state index contributed by atoms with van der Waals surface area (Å²) in [5.41, 5.74) is 6.34. The van der Waals surface area contributed by atoms with E-state index in [1.54, 1.807) is 18.2 Å². The monoisotopic (exact) mass is 263 g/mol. The Bertz CT molecular complexity index is 560. The molecule has 0 saturated carbocycles. The largest absolute Gasteiger partial charge is 0.339 e. The van der Waals surface area contributed by atoms with E-state index >= 15 is 0 Å². The molecule has 0 aliphatic carbocycles. The number of halogens is 1. The first-order chi connectivity index (χ1) is 8.88. The van der Waals surface area contributed by atoms with Gasteiger partial charge in [-0.05, 0) is 17.5 Å². The molecular formula is C14H18FN3O. The third kappa shape index (κ3) is 3.17. The third-order valence-corrected chi connectivity index (χ3v) is 3.09. The first kappa shape index (κ1) is 13.7. The van der Waals surface area contributed by atoms with E-state index in [-0.39, 0.29) is 23.1 Å². The standard InChI is InChI=1S/C14H18FN3O/c1-14(2,3)11(16)8-12-17-13(18-19-12)9-6-4-5-7-10(9)15/h4-7,11H,8,16H2,1-3H3. The average molecular weight is 263 g/mol. The molecule has 1 aromatic carbocycles.